The third-order valence-electron chi connectivity index (χ3n) is 4.11. The predicted octanol–water partition coefficient (Wildman–Crippen LogP) is 2.28. The van der Waals surface area contributed by atoms with Crippen molar-refractivity contribution in [3.05, 3.63) is 35.4 Å². The molecule has 1 aromatic carbocycles. The van der Waals surface area contributed by atoms with Gasteiger partial charge in [0.25, 0.3) is 5.91 Å². The van der Waals surface area contributed by atoms with Crippen LogP contribution in [0.1, 0.15) is 42.5 Å². The van der Waals surface area contributed by atoms with Crippen LogP contribution in [0, 0.1) is 28.9 Å². The summed E-state index contributed by atoms with van der Waals surface area (Å²) in [5.74, 6) is -2.87. The Morgan fingerprint density at radius 1 is 1.17 bits per heavy atom. The van der Waals surface area contributed by atoms with Crippen LogP contribution in [-0.4, -0.2) is 24.4 Å². The lowest BCUT2D eigenvalue weighted by Crippen LogP contribution is -2.45. The number of rotatable bonds is 5. The number of carbonyl (C=O) groups is 2. The van der Waals surface area contributed by atoms with Crippen molar-refractivity contribution in [2.45, 2.75) is 38.1 Å². The Balaban J connectivity index is 1.85. The average molecular weight is 335 g/mol. The predicted molar refractivity (Wildman–Crippen MR) is 82.8 cm³/mol. The number of carbonyl (C=O) groups excluding carboxylic acids is 2. The van der Waals surface area contributed by atoms with Gasteiger partial charge in [-0.3, -0.25) is 9.59 Å². The minimum atomic E-state index is -0.869. The summed E-state index contributed by atoms with van der Waals surface area (Å²) in [5.41, 5.74) is -0.204. The third-order valence-corrected chi connectivity index (χ3v) is 4.11. The van der Waals surface area contributed by atoms with E-state index in [1.807, 2.05) is 0 Å². The molecule has 7 heteroatoms. The molecule has 0 unspecified atom stereocenters. The molecule has 24 heavy (non-hydrogen) atoms. The van der Waals surface area contributed by atoms with Gasteiger partial charge in [-0.05, 0) is 30.9 Å². The Bertz CT molecular complexity index is 631. The first-order valence-electron chi connectivity index (χ1n) is 7.93. The standard InChI is InChI=1S/C17H19F2N3O2/c18-13-6-12(7-14(19)8-13)17(24)21-10-16(23)22-15(9-20)11-4-2-1-3-5-11/h6-8,11,15H,1-5,10H2,(H,21,24)(H,22,23)/t15-/m1/s1. The number of hydrogen-bond donors (Lipinski definition) is 2. The van der Waals surface area contributed by atoms with Gasteiger partial charge in [0, 0.05) is 11.6 Å². The molecule has 0 spiro atoms. The Hall–Kier alpha value is -2.49. The first-order chi connectivity index (χ1) is 11.5. The maximum absolute atomic E-state index is 13.1. The minimum absolute atomic E-state index is 0.126. The Kier molecular flexibility index (Phi) is 6.24. The maximum Gasteiger partial charge on any atom is 0.251 e. The zero-order valence-corrected chi connectivity index (χ0v) is 13.1. The van der Waals surface area contributed by atoms with E-state index < -0.39 is 29.5 Å². The van der Waals surface area contributed by atoms with Crippen LogP contribution in [0.2, 0.25) is 0 Å². The maximum atomic E-state index is 13.1. The summed E-state index contributed by atoms with van der Waals surface area (Å²) in [6, 6.07) is 3.94. The first kappa shape index (κ1) is 17.9. The first-order valence-corrected chi connectivity index (χ1v) is 7.93. The van der Waals surface area contributed by atoms with Gasteiger partial charge in [0.15, 0.2) is 0 Å². The van der Waals surface area contributed by atoms with Crippen LogP contribution < -0.4 is 10.6 Å². The van der Waals surface area contributed by atoms with Gasteiger partial charge in [-0.2, -0.15) is 5.26 Å². The lowest BCUT2D eigenvalue weighted by Gasteiger charge is -2.26. The van der Waals surface area contributed by atoms with E-state index in [2.05, 4.69) is 16.7 Å². The number of nitriles is 1. The van der Waals surface area contributed by atoms with Gasteiger partial charge >= 0.3 is 0 Å². The second-order valence-electron chi connectivity index (χ2n) is 5.91. The molecule has 1 aliphatic carbocycles. The Morgan fingerprint density at radius 3 is 2.38 bits per heavy atom. The molecule has 5 nitrogen and oxygen atoms in total. The molecule has 0 radical (unpaired) electrons. The molecule has 0 bridgehead atoms. The van der Waals surface area contributed by atoms with Crippen molar-refractivity contribution in [3.63, 3.8) is 0 Å². The van der Waals surface area contributed by atoms with Crippen LogP contribution in [0.5, 0.6) is 0 Å². The Labute approximate surface area is 139 Å². The van der Waals surface area contributed by atoms with Crippen LogP contribution in [0.15, 0.2) is 18.2 Å². The summed E-state index contributed by atoms with van der Waals surface area (Å²) < 4.78 is 26.2. The van der Waals surface area contributed by atoms with Gasteiger partial charge in [-0.25, -0.2) is 8.78 Å². The van der Waals surface area contributed by atoms with Gasteiger partial charge in [0.2, 0.25) is 5.91 Å². The van der Waals surface area contributed by atoms with Gasteiger partial charge in [-0.15, -0.1) is 0 Å². The molecule has 0 aromatic heterocycles. The van der Waals surface area contributed by atoms with Crippen molar-refractivity contribution in [2.75, 3.05) is 6.54 Å². The third kappa shape index (κ3) is 5.01. The van der Waals surface area contributed by atoms with Crippen LogP contribution in [0.3, 0.4) is 0 Å². The summed E-state index contributed by atoms with van der Waals surface area (Å²) in [6.45, 7) is -0.359. The van der Waals surface area contributed by atoms with E-state index >= 15 is 0 Å². The van der Waals surface area contributed by atoms with Crippen LogP contribution in [-0.2, 0) is 4.79 Å². The fourth-order valence-corrected chi connectivity index (χ4v) is 2.90. The zero-order valence-electron chi connectivity index (χ0n) is 13.1. The van der Waals surface area contributed by atoms with Gasteiger partial charge in [-0.1, -0.05) is 19.3 Å². The van der Waals surface area contributed by atoms with E-state index in [-0.39, 0.29) is 18.0 Å². The molecule has 0 saturated heterocycles. The number of benzene rings is 1. The highest BCUT2D eigenvalue weighted by Crippen LogP contribution is 2.26. The second-order valence-corrected chi connectivity index (χ2v) is 5.91. The Morgan fingerprint density at radius 2 is 1.79 bits per heavy atom. The number of halogens is 2. The number of amides is 2. The monoisotopic (exact) mass is 335 g/mol. The summed E-state index contributed by atoms with van der Waals surface area (Å²) in [5, 5.41) is 14.1. The average Bonchev–Trinajstić information content (AvgIpc) is 2.57. The topological polar surface area (TPSA) is 82.0 Å². The molecular formula is C17H19F2N3O2. The van der Waals surface area contributed by atoms with E-state index in [0.29, 0.717) is 6.07 Å². The highest BCUT2D eigenvalue weighted by molar-refractivity contribution is 5.96. The van der Waals surface area contributed by atoms with Crippen molar-refractivity contribution in [2.24, 2.45) is 5.92 Å². The quantitative estimate of drug-likeness (QED) is 0.866. The molecule has 2 N–H and O–H groups in total. The smallest absolute Gasteiger partial charge is 0.251 e. The molecule has 1 aliphatic rings. The van der Waals surface area contributed by atoms with Crippen molar-refractivity contribution in [1.82, 2.24) is 10.6 Å². The highest BCUT2D eigenvalue weighted by atomic mass is 19.1. The van der Waals surface area contributed by atoms with E-state index in [1.165, 1.54) is 0 Å². The fourth-order valence-electron chi connectivity index (χ4n) is 2.90. The van der Waals surface area contributed by atoms with Gasteiger partial charge in [0.1, 0.15) is 17.7 Å². The summed E-state index contributed by atoms with van der Waals surface area (Å²) in [7, 11) is 0. The van der Waals surface area contributed by atoms with Crippen LogP contribution in [0.25, 0.3) is 0 Å². The van der Waals surface area contributed by atoms with E-state index in [4.69, 9.17) is 0 Å². The summed E-state index contributed by atoms with van der Waals surface area (Å²) in [4.78, 5) is 23.7. The van der Waals surface area contributed by atoms with E-state index in [0.717, 1.165) is 44.2 Å². The van der Waals surface area contributed by atoms with E-state index in [1.54, 1.807) is 0 Å². The van der Waals surface area contributed by atoms with Gasteiger partial charge in [0.05, 0.1) is 12.6 Å². The molecule has 2 rings (SSSR count). The minimum Gasteiger partial charge on any atom is -0.343 e. The largest absolute Gasteiger partial charge is 0.343 e. The fraction of sp³-hybridized carbons (Fsp3) is 0.471. The molecule has 1 saturated carbocycles. The summed E-state index contributed by atoms with van der Waals surface area (Å²) in [6.07, 6.45) is 5.02. The lowest BCUT2D eigenvalue weighted by molar-refractivity contribution is -0.120. The zero-order chi connectivity index (χ0) is 17.5. The molecule has 1 fully saturated rings. The molecule has 1 atom stereocenters. The molecular weight excluding hydrogens is 316 g/mol. The summed E-state index contributed by atoms with van der Waals surface area (Å²) >= 11 is 0. The molecule has 2 amide bonds. The molecule has 0 aliphatic heterocycles. The second kappa shape index (κ2) is 8.39. The molecule has 0 heterocycles. The molecule has 128 valence electrons. The number of nitrogens with zero attached hydrogens (tertiary/aromatic N) is 1. The van der Waals surface area contributed by atoms with Gasteiger partial charge < -0.3 is 10.6 Å². The normalized spacial score (nSPS) is 16.0. The van der Waals surface area contributed by atoms with Crippen LogP contribution >= 0.6 is 0 Å². The van der Waals surface area contributed by atoms with Crippen LogP contribution in [0.4, 0.5) is 8.78 Å². The van der Waals surface area contributed by atoms with Crippen molar-refractivity contribution in [3.8, 4) is 6.07 Å². The highest BCUT2D eigenvalue weighted by Gasteiger charge is 2.25. The van der Waals surface area contributed by atoms with Crippen molar-refractivity contribution in [1.29, 1.82) is 5.26 Å². The SMILES string of the molecule is N#C[C@@H](NC(=O)CNC(=O)c1cc(F)cc(F)c1)C1CCCCC1. The van der Waals surface area contributed by atoms with E-state index in [9.17, 15) is 23.6 Å². The number of hydrogen-bond acceptors (Lipinski definition) is 3. The van der Waals surface area contributed by atoms with Crippen molar-refractivity contribution < 1.29 is 18.4 Å². The van der Waals surface area contributed by atoms with Crippen molar-refractivity contribution >= 4 is 11.8 Å². The lowest BCUT2D eigenvalue weighted by atomic mass is 9.84. The number of nitrogens with one attached hydrogen (secondary N) is 2. The molecule has 1 aromatic rings.